The van der Waals surface area contributed by atoms with E-state index in [2.05, 4.69) is 10.1 Å². The second-order valence-electron chi connectivity index (χ2n) is 4.78. The topological polar surface area (TPSA) is 50.1 Å². The molecule has 0 saturated heterocycles. The third-order valence-corrected chi connectivity index (χ3v) is 3.67. The summed E-state index contributed by atoms with van der Waals surface area (Å²) in [4.78, 5) is 15.4. The van der Waals surface area contributed by atoms with E-state index in [0.29, 0.717) is 15.9 Å². The number of allylic oxidation sites excluding steroid dienone is 1. The molecular formula is C17H12ClN3OS. The molecule has 0 amide bonds. The van der Waals surface area contributed by atoms with Crippen molar-refractivity contribution in [3.63, 3.8) is 0 Å². The first kappa shape index (κ1) is 15.4. The van der Waals surface area contributed by atoms with Crippen LogP contribution in [0.2, 0.25) is 0 Å². The minimum Gasteiger partial charge on any atom is -0.330 e. The number of aromatic nitrogens is 2. The molecule has 0 aliphatic carbocycles. The third-order valence-electron chi connectivity index (χ3n) is 3.18. The average molecular weight is 342 g/mol. The Hall–Kier alpha value is -2.50. The van der Waals surface area contributed by atoms with Gasteiger partial charge in [0.05, 0.1) is 22.1 Å². The lowest BCUT2D eigenvalue weighted by atomic mass is 10.2. The molecule has 1 aromatic heterocycles. The van der Waals surface area contributed by atoms with Crippen molar-refractivity contribution < 1.29 is 0 Å². The van der Waals surface area contributed by atoms with Gasteiger partial charge < -0.3 is 4.98 Å². The Labute approximate surface area is 142 Å². The molecule has 6 heteroatoms. The third kappa shape index (κ3) is 3.47. The Kier molecular flexibility index (Phi) is 4.50. The zero-order valence-electron chi connectivity index (χ0n) is 11.9. The second-order valence-corrected chi connectivity index (χ2v) is 5.60. The lowest BCUT2D eigenvalue weighted by Crippen LogP contribution is -2.18. The van der Waals surface area contributed by atoms with Gasteiger partial charge in [0.1, 0.15) is 0 Å². The van der Waals surface area contributed by atoms with Crippen molar-refractivity contribution in [1.29, 1.82) is 0 Å². The van der Waals surface area contributed by atoms with Crippen molar-refractivity contribution in [2.45, 2.75) is 0 Å². The van der Waals surface area contributed by atoms with Gasteiger partial charge in [0, 0.05) is 0 Å². The number of hydrogen-bond acceptors (Lipinski definition) is 3. The van der Waals surface area contributed by atoms with Gasteiger partial charge in [-0.15, -0.1) is 0 Å². The highest BCUT2D eigenvalue weighted by Gasteiger charge is 2.03. The molecule has 0 aliphatic heterocycles. The first-order valence-corrected chi connectivity index (χ1v) is 7.64. The quantitative estimate of drug-likeness (QED) is 0.574. The van der Waals surface area contributed by atoms with E-state index >= 15 is 0 Å². The summed E-state index contributed by atoms with van der Waals surface area (Å²) in [5.41, 5.74) is 1.34. The summed E-state index contributed by atoms with van der Waals surface area (Å²) >= 11 is 11.3. The van der Waals surface area contributed by atoms with Crippen LogP contribution in [0, 0.1) is 4.77 Å². The number of aromatic amines is 1. The maximum atomic E-state index is 12.4. The molecule has 0 radical (unpaired) electrons. The number of halogens is 1. The molecular weight excluding hydrogens is 330 g/mol. The van der Waals surface area contributed by atoms with E-state index in [-0.39, 0.29) is 10.3 Å². The predicted molar refractivity (Wildman–Crippen MR) is 97.6 cm³/mol. The Balaban J connectivity index is 2.00. The Morgan fingerprint density at radius 2 is 1.83 bits per heavy atom. The molecule has 0 bridgehead atoms. The molecule has 3 aromatic rings. The highest BCUT2D eigenvalue weighted by molar-refractivity contribution is 7.71. The van der Waals surface area contributed by atoms with Crippen LogP contribution >= 0.6 is 23.8 Å². The van der Waals surface area contributed by atoms with Crippen molar-refractivity contribution in [1.82, 2.24) is 9.66 Å². The van der Waals surface area contributed by atoms with Gasteiger partial charge in [-0.2, -0.15) is 9.78 Å². The SMILES string of the molecule is O=c1c2ccccc2[nH]c(=S)n1/N=C\C(Cl)=C\c1ccccc1. The number of fused-ring (bicyclic) bond motifs is 1. The van der Waals surface area contributed by atoms with Crippen molar-refractivity contribution in [2.24, 2.45) is 5.10 Å². The van der Waals surface area contributed by atoms with Crippen molar-refractivity contribution in [2.75, 3.05) is 0 Å². The molecule has 0 unspecified atom stereocenters. The molecule has 3 rings (SSSR count). The Bertz CT molecular complexity index is 1020. The van der Waals surface area contributed by atoms with E-state index in [1.165, 1.54) is 6.21 Å². The van der Waals surface area contributed by atoms with Crippen LogP contribution in [0.3, 0.4) is 0 Å². The number of hydrogen-bond donors (Lipinski definition) is 1. The zero-order chi connectivity index (χ0) is 16.2. The van der Waals surface area contributed by atoms with Crippen LogP contribution in [0.15, 0.2) is 69.5 Å². The lowest BCUT2D eigenvalue weighted by Gasteiger charge is -2.02. The summed E-state index contributed by atoms with van der Waals surface area (Å²) < 4.78 is 1.34. The maximum Gasteiger partial charge on any atom is 0.282 e. The first-order valence-electron chi connectivity index (χ1n) is 6.86. The van der Waals surface area contributed by atoms with E-state index in [0.717, 1.165) is 10.2 Å². The number of para-hydroxylation sites is 1. The van der Waals surface area contributed by atoms with Crippen LogP contribution in [-0.2, 0) is 0 Å². The number of nitrogens with one attached hydrogen (secondary N) is 1. The molecule has 0 fully saturated rings. The van der Waals surface area contributed by atoms with Crippen LogP contribution < -0.4 is 5.56 Å². The summed E-state index contributed by atoms with van der Waals surface area (Å²) in [7, 11) is 0. The molecule has 0 saturated carbocycles. The largest absolute Gasteiger partial charge is 0.330 e. The summed E-state index contributed by atoms with van der Waals surface area (Å²) in [5, 5.41) is 5.00. The van der Waals surface area contributed by atoms with Gasteiger partial charge in [-0.1, -0.05) is 54.1 Å². The van der Waals surface area contributed by atoms with Gasteiger partial charge in [0.15, 0.2) is 0 Å². The van der Waals surface area contributed by atoms with Gasteiger partial charge in [-0.25, -0.2) is 0 Å². The fourth-order valence-corrected chi connectivity index (χ4v) is 2.53. The van der Waals surface area contributed by atoms with Gasteiger partial charge in [0.25, 0.3) is 5.56 Å². The van der Waals surface area contributed by atoms with E-state index < -0.39 is 0 Å². The molecule has 0 spiro atoms. The van der Waals surface area contributed by atoms with E-state index in [1.54, 1.807) is 24.3 Å². The summed E-state index contributed by atoms with van der Waals surface area (Å²) in [5.74, 6) is 0. The zero-order valence-corrected chi connectivity index (χ0v) is 13.5. The number of benzene rings is 2. The van der Waals surface area contributed by atoms with Crippen molar-refractivity contribution >= 4 is 47.0 Å². The van der Waals surface area contributed by atoms with Crippen LogP contribution in [-0.4, -0.2) is 15.9 Å². The van der Waals surface area contributed by atoms with E-state index in [9.17, 15) is 4.79 Å². The Morgan fingerprint density at radius 1 is 1.13 bits per heavy atom. The molecule has 4 nitrogen and oxygen atoms in total. The van der Waals surface area contributed by atoms with Gasteiger partial charge in [-0.05, 0) is 36.0 Å². The molecule has 2 aromatic carbocycles. The second kappa shape index (κ2) is 6.73. The first-order chi connectivity index (χ1) is 11.1. The van der Waals surface area contributed by atoms with Crippen LogP contribution in [0.25, 0.3) is 17.0 Å². The fraction of sp³-hybridized carbons (Fsp3) is 0. The summed E-state index contributed by atoms with van der Waals surface area (Å²) in [6.07, 6.45) is 3.15. The van der Waals surface area contributed by atoms with Gasteiger partial charge >= 0.3 is 0 Å². The van der Waals surface area contributed by atoms with Crippen LogP contribution in [0.4, 0.5) is 0 Å². The fourth-order valence-electron chi connectivity index (χ4n) is 2.12. The highest BCUT2D eigenvalue weighted by atomic mass is 35.5. The Morgan fingerprint density at radius 3 is 2.61 bits per heavy atom. The van der Waals surface area contributed by atoms with Crippen molar-refractivity contribution in [3.8, 4) is 0 Å². The lowest BCUT2D eigenvalue weighted by molar-refractivity contribution is 0.800. The molecule has 114 valence electrons. The number of nitrogens with zero attached hydrogens (tertiary/aromatic N) is 2. The standard InChI is InChI=1S/C17H12ClN3OS/c18-13(10-12-6-2-1-3-7-12)11-19-21-16(22)14-8-4-5-9-15(14)20-17(21)23/h1-11H,(H,20,23)/b13-10-,19-11-. The number of H-pyrrole nitrogens is 1. The van der Waals surface area contributed by atoms with Crippen molar-refractivity contribution in [3.05, 3.63) is 80.3 Å². The van der Waals surface area contributed by atoms with Crippen LogP contribution in [0.5, 0.6) is 0 Å². The number of rotatable bonds is 3. The molecule has 23 heavy (non-hydrogen) atoms. The van der Waals surface area contributed by atoms with Gasteiger partial charge in [-0.3, -0.25) is 4.79 Å². The molecule has 1 heterocycles. The molecule has 0 atom stereocenters. The highest BCUT2D eigenvalue weighted by Crippen LogP contribution is 2.09. The molecule has 1 N–H and O–H groups in total. The maximum absolute atomic E-state index is 12.4. The molecule has 0 aliphatic rings. The monoisotopic (exact) mass is 341 g/mol. The summed E-state index contributed by atoms with van der Waals surface area (Å²) in [6, 6.07) is 16.7. The normalized spacial score (nSPS) is 12.1. The predicted octanol–water partition coefficient (Wildman–Crippen LogP) is 4.17. The van der Waals surface area contributed by atoms with E-state index in [4.69, 9.17) is 23.8 Å². The van der Waals surface area contributed by atoms with E-state index in [1.807, 2.05) is 36.4 Å². The van der Waals surface area contributed by atoms with Gasteiger partial charge in [0.2, 0.25) is 4.77 Å². The smallest absolute Gasteiger partial charge is 0.282 e. The van der Waals surface area contributed by atoms with Crippen LogP contribution in [0.1, 0.15) is 5.56 Å². The minimum absolute atomic E-state index is 0.217. The minimum atomic E-state index is -0.287. The summed E-state index contributed by atoms with van der Waals surface area (Å²) in [6.45, 7) is 0. The average Bonchev–Trinajstić information content (AvgIpc) is 2.55.